The number of piperidine rings is 1. The van der Waals surface area contributed by atoms with Gasteiger partial charge in [0.1, 0.15) is 5.75 Å². The molecule has 0 radical (unpaired) electrons. The molecule has 1 aliphatic carbocycles. The number of aromatic hydroxyl groups is 1. The molecule has 7 N–H and O–H groups in total. The first-order valence-electron chi connectivity index (χ1n) is 13.1. The lowest BCUT2D eigenvalue weighted by molar-refractivity contribution is -0.148. The van der Waals surface area contributed by atoms with Gasteiger partial charge < -0.3 is 31.9 Å². The number of rotatable bonds is 6. The van der Waals surface area contributed by atoms with E-state index in [1.165, 1.54) is 0 Å². The minimum atomic E-state index is -4.56. The first-order chi connectivity index (χ1) is 17.8. The number of hydrogen-bond donors (Lipinski definition) is 5. The van der Waals surface area contributed by atoms with Crippen LogP contribution in [0.15, 0.2) is 35.7 Å². The Bertz CT molecular complexity index is 1090. The average molecular weight is 538 g/mol. The number of amides is 1. The molecule has 3 fully saturated rings. The predicted octanol–water partition coefficient (Wildman–Crippen LogP) is 2.72. The maximum atomic E-state index is 12.9. The Morgan fingerprint density at radius 1 is 1.21 bits per heavy atom. The van der Waals surface area contributed by atoms with Crippen LogP contribution in [0.25, 0.3) is 5.70 Å². The molecule has 0 bridgehead atoms. The van der Waals surface area contributed by atoms with Crippen molar-refractivity contribution in [1.29, 1.82) is 0 Å². The molecule has 1 aromatic rings. The summed E-state index contributed by atoms with van der Waals surface area (Å²) in [6.07, 6.45) is 2.24. The minimum Gasteiger partial charge on any atom is -0.507 e. The third-order valence-corrected chi connectivity index (χ3v) is 8.07. The van der Waals surface area contributed by atoms with E-state index >= 15 is 0 Å². The number of aliphatic hydroxyl groups is 1. The van der Waals surface area contributed by atoms with Gasteiger partial charge in [0.25, 0.3) is 0 Å². The number of phenolic OH excluding ortho intramolecular Hbond substituents is 1. The van der Waals surface area contributed by atoms with E-state index in [4.69, 9.17) is 11.5 Å². The van der Waals surface area contributed by atoms with Crippen molar-refractivity contribution in [3.8, 4) is 5.75 Å². The zero-order valence-electron chi connectivity index (χ0n) is 21.7. The largest absolute Gasteiger partial charge is 0.507 e. The number of benzene rings is 1. The van der Waals surface area contributed by atoms with Crippen LogP contribution in [0.5, 0.6) is 5.75 Å². The summed E-state index contributed by atoms with van der Waals surface area (Å²) in [6, 6.07) is 2.70. The number of alkyl halides is 3. The molecule has 8 nitrogen and oxygen atoms in total. The third-order valence-electron chi connectivity index (χ3n) is 8.07. The molecule has 1 spiro atoms. The van der Waals surface area contributed by atoms with Gasteiger partial charge in [-0.15, -0.1) is 0 Å². The number of carbonyl (C=O) groups is 1. The fourth-order valence-electron chi connectivity index (χ4n) is 5.82. The summed E-state index contributed by atoms with van der Waals surface area (Å²) in [6.45, 7) is 5.08. The molecule has 1 aromatic carbocycles. The first kappa shape index (κ1) is 28.1. The van der Waals surface area contributed by atoms with Crippen molar-refractivity contribution in [2.45, 2.75) is 63.8 Å². The van der Waals surface area contributed by atoms with E-state index in [1.54, 1.807) is 13.0 Å². The van der Waals surface area contributed by atoms with E-state index in [0.29, 0.717) is 30.5 Å². The number of hydrogen-bond acceptors (Lipinski definition) is 7. The second kappa shape index (κ2) is 11.1. The number of allylic oxidation sites excluding steroid dienone is 2. The van der Waals surface area contributed by atoms with Crippen LogP contribution in [0, 0.1) is 5.41 Å². The van der Waals surface area contributed by atoms with Crippen molar-refractivity contribution in [2.24, 2.45) is 16.9 Å². The van der Waals surface area contributed by atoms with Crippen molar-refractivity contribution in [3.05, 3.63) is 46.8 Å². The molecule has 11 heteroatoms. The molecular formula is C27H38F3N5O3. The molecule has 210 valence electrons. The Balaban J connectivity index is 1.30. The number of aliphatic hydroxyl groups excluding tert-OH is 1. The molecule has 0 aromatic heterocycles. The topological polar surface area (TPSA) is 128 Å². The molecule has 2 heterocycles. The number of nitrogens with two attached hydrogens (primary N) is 2. The zero-order valence-corrected chi connectivity index (χ0v) is 21.7. The van der Waals surface area contributed by atoms with Gasteiger partial charge in [0, 0.05) is 42.4 Å². The molecule has 1 atom stereocenters. The van der Waals surface area contributed by atoms with E-state index in [0.717, 1.165) is 70.3 Å². The van der Waals surface area contributed by atoms with Crippen LogP contribution in [0.3, 0.4) is 0 Å². The summed E-state index contributed by atoms with van der Waals surface area (Å²) < 4.78 is 38.6. The van der Waals surface area contributed by atoms with Crippen LogP contribution in [0.4, 0.5) is 13.2 Å². The number of carbonyl (C=O) groups excluding carboxylic acids is 1. The average Bonchev–Trinajstić information content (AvgIpc) is 2.82. The highest BCUT2D eigenvalue weighted by Gasteiger charge is 2.46. The highest BCUT2D eigenvalue weighted by molar-refractivity contribution is 5.79. The van der Waals surface area contributed by atoms with Crippen molar-refractivity contribution >= 4 is 11.6 Å². The normalized spacial score (nSPS) is 23.7. The standard InChI is InChI=1S/C27H38F3N5O3/c1-17(25(32)21-5-4-18(12-22(21)37)27(28,29)30)11-23(31)33-19-3-2-10-34(13-19)14-24(38)35-15-26(16-35)8-6-20(36)7-9-26/h4-5,11-12,19-20,33,36-37H,2-3,6-10,13-16,31-32H2,1H3/b23-11+,25-17-. The number of nitrogens with one attached hydrogen (secondary N) is 1. The van der Waals surface area contributed by atoms with Gasteiger partial charge in [-0.3, -0.25) is 9.69 Å². The molecule has 2 aliphatic heterocycles. The fourth-order valence-corrected chi connectivity index (χ4v) is 5.82. The van der Waals surface area contributed by atoms with Crippen molar-refractivity contribution in [3.63, 3.8) is 0 Å². The van der Waals surface area contributed by atoms with Gasteiger partial charge >= 0.3 is 6.18 Å². The lowest BCUT2D eigenvalue weighted by Crippen LogP contribution is -2.61. The number of halogens is 3. The van der Waals surface area contributed by atoms with Gasteiger partial charge in [-0.05, 0) is 81.8 Å². The number of likely N-dealkylation sites (tertiary alicyclic amines) is 2. The lowest BCUT2D eigenvalue weighted by Gasteiger charge is -2.53. The number of phenols is 1. The van der Waals surface area contributed by atoms with Crippen LogP contribution in [-0.2, 0) is 11.0 Å². The van der Waals surface area contributed by atoms with Crippen LogP contribution in [0.1, 0.15) is 56.6 Å². The van der Waals surface area contributed by atoms with Gasteiger partial charge in [0.2, 0.25) is 5.91 Å². The fraction of sp³-hybridized carbons (Fsp3) is 0.593. The highest BCUT2D eigenvalue weighted by Crippen LogP contribution is 2.44. The summed E-state index contributed by atoms with van der Waals surface area (Å²) in [5.74, 6) is -0.0774. The van der Waals surface area contributed by atoms with Gasteiger partial charge in [-0.2, -0.15) is 13.2 Å². The van der Waals surface area contributed by atoms with E-state index in [1.807, 2.05) is 4.90 Å². The van der Waals surface area contributed by atoms with Crippen LogP contribution < -0.4 is 16.8 Å². The van der Waals surface area contributed by atoms with Crippen molar-refractivity contribution in [2.75, 3.05) is 32.7 Å². The molecular weight excluding hydrogens is 499 g/mol. The van der Waals surface area contributed by atoms with Crippen LogP contribution in [0.2, 0.25) is 0 Å². The van der Waals surface area contributed by atoms with Gasteiger partial charge in [0.15, 0.2) is 0 Å². The molecule has 38 heavy (non-hydrogen) atoms. The Labute approximate surface area is 221 Å². The van der Waals surface area contributed by atoms with E-state index in [-0.39, 0.29) is 34.7 Å². The number of nitrogens with zero attached hydrogens (tertiary/aromatic N) is 2. The summed E-state index contributed by atoms with van der Waals surface area (Å²) in [7, 11) is 0. The predicted molar refractivity (Wildman–Crippen MR) is 138 cm³/mol. The summed E-state index contributed by atoms with van der Waals surface area (Å²) >= 11 is 0. The Hall–Kier alpha value is -2.92. The molecule has 1 saturated carbocycles. The molecule has 1 unspecified atom stereocenters. The monoisotopic (exact) mass is 537 g/mol. The molecule has 4 rings (SSSR count). The smallest absolute Gasteiger partial charge is 0.416 e. The Morgan fingerprint density at radius 3 is 2.53 bits per heavy atom. The Morgan fingerprint density at radius 2 is 1.89 bits per heavy atom. The second-order valence-corrected chi connectivity index (χ2v) is 11.1. The Kier molecular flexibility index (Phi) is 8.17. The van der Waals surface area contributed by atoms with E-state index in [2.05, 4.69) is 10.2 Å². The van der Waals surface area contributed by atoms with Crippen molar-refractivity contribution in [1.82, 2.24) is 15.1 Å². The van der Waals surface area contributed by atoms with E-state index < -0.39 is 17.5 Å². The SMILES string of the molecule is CC(/C=C(\N)NC1CCCN(CC(=O)N2CC3(CCC(O)CC3)C2)C1)=C(/N)c1ccc(C(F)(F)F)cc1O. The summed E-state index contributed by atoms with van der Waals surface area (Å²) in [4.78, 5) is 16.9. The summed E-state index contributed by atoms with van der Waals surface area (Å²) in [5, 5.41) is 23.1. The molecule has 2 saturated heterocycles. The maximum Gasteiger partial charge on any atom is 0.416 e. The van der Waals surface area contributed by atoms with Crippen LogP contribution >= 0.6 is 0 Å². The van der Waals surface area contributed by atoms with Gasteiger partial charge in [-0.25, -0.2) is 0 Å². The third kappa shape index (κ3) is 6.55. The minimum absolute atomic E-state index is 0.0314. The molecule has 1 amide bonds. The van der Waals surface area contributed by atoms with Crippen LogP contribution in [-0.4, -0.2) is 70.8 Å². The van der Waals surface area contributed by atoms with Gasteiger partial charge in [-0.1, -0.05) is 0 Å². The first-order valence-corrected chi connectivity index (χ1v) is 13.1. The van der Waals surface area contributed by atoms with Gasteiger partial charge in [0.05, 0.1) is 24.0 Å². The molecule has 3 aliphatic rings. The van der Waals surface area contributed by atoms with Crippen molar-refractivity contribution < 1.29 is 28.2 Å². The zero-order chi connectivity index (χ0) is 27.7. The second-order valence-electron chi connectivity index (χ2n) is 11.1. The van der Waals surface area contributed by atoms with E-state index in [9.17, 15) is 28.2 Å². The quantitative estimate of drug-likeness (QED) is 0.353. The maximum absolute atomic E-state index is 12.9. The lowest BCUT2D eigenvalue weighted by atomic mass is 9.68. The summed E-state index contributed by atoms with van der Waals surface area (Å²) in [5.41, 5.74) is 12.3. The highest BCUT2D eigenvalue weighted by atomic mass is 19.4.